The number of hydrogen-bond donors (Lipinski definition) is 1. The maximum absolute atomic E-state index is 10.7. The van der Waals surface area contributed by atoms with E-state index in [1.54, 1.807) is 0 Å². The van der Waals surface area contributed by atoms with E-state index in [0.717, 1.165) is 90.5 Å². The van der Waals surface area contributed by atoms with Gasteiger partial charge in [-0.05, 0) is 106 Å². The molecule has 0 aromatic carbocycles. The van der Waals surface area contributed by atoms with Crippen molar-refractivity contribution in [3.8, 4) is 0 Å². The maximum Gasteiger partial charge on any atom is 0.0630 e. The van der Waals surface area contributed by atoms with E-state index in [4.69, 9.17) is 28.4 Å². The summed E-state index contributed by atoms with van der Waals surface area (Å²) in [4.78, 5) is 0. The van der Waals surface area contributed by atoms with Crippen LogP contribution < -0.4 is 0 Å². The number of aliphatic hydroxyl groups excluding tert-OH is 1. The van der Waals surface area contributed by atoms with Gasteiger partial charge in [0.15, 0.2) is 0 Å². The molecule has 4 saturated carbocycles. The molecular formula is C38H66O7. The van der Waals surface area contributed by atoms with E-state index in [1.807, 2.05) is 0 Å². The van der Waals surface area contributed by atoms with E-state index in [9.17, 15) is 5.11 Å². The first-order valence-corrected chi connectivity index (χ1v) is 18.8. The lowest BCUT2D eigenvalue weighted by atomic mass is 9.60. The summed E-state index contributed by atoms with van der Waals surface area (Å²) in [5, 5.41) is 10.7. The highest BCUT2D eigenvalue weighted by Crippen LogP contribution is 2.53. The summed E-state index contributed by atoms with van der Waals surface area (Å²) in [7, 11) is 0. The zero-order valence-corrected chi connectivity index (χ0v) is 29.4. The van der Waals surface area contributed by atoms with Crippen molar-refractivity contribution in [1.29, 1.82) is 0 Å². The molecule has 0 amide bonds. The van der Waals surface area contributed by atoms with Gasteiger partial charge in [-0.15, -0.1) is 0 Å². The van der Waals surface area contributed by atoms with Crippen molar-refractivity contribution in [3.63, 3.8) is 0 Å². The third-order valence-electron chi connectivity index (χ3n) is 14.0. The SMILES string of the molecule is CCC1(COC2CC3CCC(OCC(CC)(CO)COC4CC5CCC(OCC6(CC)COC6)C(C)(C5)C4)C(C)(C3)C2)COC1. The predicted octanol–water partition coefficient (Wildman–Crippen LogP) is 6.97. The number of aliphatic hydroxyl groups is 1. The van der Waals surface area contributed by atoms with Gasteiger partial charge >= 0.3 is 0 Å². The zero-order valence-electron chi connectivity index (χ0n) is 29.4. The Bertz CT molecular complexity index is 949. The van der Waals surface area contributed by atoms with Crippen molar-refractivity contribution < 1.29 is 33.5 Å². The molecule has 45 heavy (non-hydrogen) atoms. The molecule has 2 heterocycles. The Morgan fingerprint density at radius 2 is 1.13 bits per heavy atom. The normalized spacial score (nSPS) is 41.5. The van der Waals surface area contributed by atoms with Gasteiger partial charge in [-0.2, -0.15) is 0 Å². The molecule has 9 atom stereocenters. The number of rotatable bonds is 16. The van der Waals surface area contributed by atoms with Gasteiger partial charge in [0, 0.05) is 16.2 Å². The van der Waals surface area contributed by atoms with Gasteiger partial charge in [0.05, 0.1) is 83.9 Å². The van der Waals surface area contributed by atoms with Gasteiger partial charge in [-0.1, -0.05) is 34.6 Å². The summed E-state index contributed by atoms with van der Waals surface area (Å²) < 4.78 is 38.1. The van der Waals surface area contributed by atoms with E-state index < -0.39 is 0 Å². The molecule has 0 spiro atoms. The van der Waals surface area contributed by atoms with Crippen molar-refractivity contribution >= 4 is 0 Å². The van der Waals surface area contributed by atoms with Crippen LogP contribution in [0.1, 0.15) is 118 Å². The molecule has 2 saturated heterocycles. The van der Waals surface area contributed by atoms with Crippen LogP contribution in [0.3, 0.4) is 0 Å². The second-order valence-corrected chi connectivity index (χ2v) is 17.7. The summed E-state index contributed by atoms with van der Waals surface area (Å²) in [6.07, 6.45) is 15.8. The molecule has 0 radical (unpaired) electrons. The second kappa shape index (κ2) is 13.9. The van der Waals surface area contributed by atoms with Crippen LogP contribution in [0.2, 0.25) is 0 Å². The fraction of sp³-hybridized carbons (Fsp3) is 1.00. The van der Waals surface area contributed by atoms with Gasteiger partial charge in [0.1, 0.15) is 0 Å². The molecule has 4 bridgehead atoms. The van der Waals surface area contributed by atoms with Gasteiger partial charge in [-0.25, -0.2) is 0 Å². The van der Waals surface area contributed by atoms with Crippen molar-refractivity contribution in [1.82, 2.24) is 0 Å². The zero-order chi connectivity index (χ0) is 31.8. The average Bonchev–Trinajstić information content (AvgIpc) is 2.98. The van der Waals surface area contributed by atoms with Crippen molar-refractivity contribution in [2.75, 3.05) is 59.5 Å². The van der Waals surface area contributed by atoms with Crippen LogP contribution in [-0.4, -0.2) is 89.0 Å². The Morgan fingerprint density at radius 1 is 0.644 bits per heavy atom. The van der Waals surface area contributed by atoms with Crippen molar-refractivity contribution in [2.24, 2.45) is 38.9 Å². The van der Waals surface area contributed by atoms with Gasteiger partial charge in [-0.3, -0.25) is 0 Å². The molecule has 6 rings (SSSR count). The second-order valence-electron chi connectivity index (χ2n) is 17.7. The standard InChI is InChI=1S/C38H66O7/c1-6-36(19-39,24-42-30-13-28-10-12-33(35(5,16-28)17-30)45-27-38(8-3)22-41-23-38)25-44-32-11-9-29-14-31(18-34(32,4)15-29)43-26-37(7-2)20-40-21-37/h28-33,39H,6-27H2,1-5H3. The smallest absolute Gasteiger partial charge is 0.0630 e. The molecular weight excluding hydrogens is 568 g/mol. The fourth-order valence-electron chi connectivity index (χ4n) is 10.0. The van der Waals surface area contributed by atoms with E-state index in [0.29, 0.717) is 31.3 Å². The van der Waals surface area contributed by atoms with Crippen LogP contribution in [0.5, 0.6) is 0 Å². The van der Waals surface area contributed by atoms with Crippen LogP contribution in [0.4, 0.5) is 0 Å². The minimum Gasteiger partial charge on any atom is -0.396 e. The highest BCUT2D eigenvalue weighted by atomic mass is 16.5. The van der Waals surface area contributed by atoms with E-state index >= 15 is 0 Å². The largest absolute Gasteiger partial charge is 0.396 e. The van der Waals surface area contributed by atoms with Crippen LogP contribution in [-0.2, 0) is 28.4 Å². The predicted molar refractivity (Wildman–Crippen MR) is 175 cm³/mol. The maximum atomic E-state index is 10.7. The Balaban J connectivity index is 1.01. The topological polar surface area (TPSA) is 75.6 Å². The quantitative estimate of drug-likeness (QED) is 0.197. The third kappa shape index (κ3) is 7.35. The summed E-state index contributed by atoms with van der Waals surface area (Å²) in [6.45, 7) is 17.8. The molecule has 7 nitrogen and oxygen atoms in total. The fourth-order valence-corrected chi connectivity index (χ4v) is 10.0. The molecule has 9 unspecified atom stereocenters. The lowest BCUT2D eigenvalue weighted by molar-refractivity contribution is -0.197. The molecule has 0 aromatic heterocycles. The highest BCUT2D eigenvalue weighted by Gasteiger charge is 2.50. The summed E-state index contributed by atoms with van der Waals surface area (Å²) in [5.41, 5.74) is 0.382. The summed E-state index contributed by atoms with van der Waals surface area (Å²) >= 11 is 0. The Kier molecular flexibility index (Phi) is 10.7. The number of hydrogen-bond acceptors (Lipinski definition) is 7. The summed E-state index contributed by atoms with van der Waals surface area (Å²) in [6, 6.07) is 0. The lowest BCUT2D eigenvalue weighted by Crippen LogP contribution is -2.52. The molecule has 6 aliphatic rings. The van der Waals surface area contributed by atoms with Crippen molar-refractivity contribution in [3.05, 3.63) is 0 Å². The van der Waals surface area contributed by atoms with Crippen LogP contribution in [0.25, 0.3) is 0 Å². The lowest BCUT2D eigenvalue weighted by Gasteiger charge is -2.52. The van der Waals surface area contributed by atoms with E-state index in [-0.39, 0.29) is 45.9 Å². The third-order valence-corrected chi connectivity index (χ3v) is 14.0. The molecule has 7 heteroatoms. The van der Waals surface area contributed by atoms with Gasteiger partial charge in [0.2, 0.25) is 0 Å². The molecule has 260 valence electrons. The molecule has 0 aromatic rings. The van der Waals surface area contributed by atoms with E-state index in [2.05, 4.69) is 34.6 Å². The van der Waals surface area contributed by atoms with Crippen molar-refractivity contribution in [2.45, 2.75) is 143 Å². The first-order valence-electron chi connectivity index (χ1n) is 18.8. The average molecular weight is 635 g/mol. The first-order chi connectivity index (χ1) is 21.6. The van der Waals surface area contributed by atoms with Crippen LogP contribution in [0, 0.1) is 38.9 Å². The molecule has 6 fully saturated rings. The number of fused-ring (bicyclic) bond motifs is 4. The molecule has 1 N–H and O–H groups in total. The Labute approximate surface area is 274 Å². The number of ether oxygens (including phenoxy) is 6. The van der Waals surface area contributed by atoms with Gasteiger partial charge < -0.3 is 33.5 Å². The first kappa shape index (κ1) is 34.6. The monoisotopic (exact) mass is 634 g/mol. The molecule has 4 aliphatic carbocycles. The minimum absolute atomic E-state index is 0.1000. The Morgan fingerprint density at radius 3 is 1.60 bits per heavy atom. The minimum atomic E-state index is -0.364. The van der Waals surface area contributed by atoms with Crippen LogP contribution in [0.15, 0.2) is 0 Å². The summed E-state index contributed by atoms with van der Waals surface area (Å²) in [5.74, 6) is 1.44. The van der Waals surface area contributed by atoms with Gasteiger partial charge in [0.25, 0.3) is 0 Å². The molecule has 2 aliphatic heterocycles. The highest BCUT2D eigenvalue weighted by molar-refractivity contribution is 5.00. The van der Waals surface area contributed by atoms with Crippen LogP contribution >= 0.6 is 0 Å². The van der Waals surface area contributed by atoms with E-state index in [1.165, 1.54) is 38.5 Å². The Hall–Kier alpha value is -0.280.